The number of rotatable bonds is 3. The second kappa shape index (κ2) is 5.54. The van der Waals surface area contributed by atoms with Crippen molar-refractivity contribution in [2.75, 3.05) is 18.0 Å². The summed E-state index contributed by atoms with van der Waals surface area (Å²) < 4.78 is 14.2. The van der Waals surface area contributed by atoms with Gasteiger partial charge in [-0.05, 0) is 50.2 Å². The van der Waals surface area contributed by atoms with Crippen LogP contribution in [-0.4, -0.2) is 41.4 Å². The molecule has 1 unspecified atom stereocenters. The number of fused-ring (bicyclic) bond motifs is 1. The maximum Gasteiger partial charge on any atom is 0.325 e. The molecule has 25 heavy (non-hydrogen) atoms. The van der Waals surface area contributed by atoms with Crippen LogP contribution in [0.15, 0.2) is 18.2 Å². The molecule has 132 valence electrons. The molecular weight excluding hydrogens is 325 g/mol. The molecule has 1 aliphatic carbocycles. The number of amides is 4. The van der Waals surface area contributed by atoms with Crippen LogP contribution in [0.2, 0.25) is 0 Å². The van der Waals surface area contributed by atoms with Gasteiger partial charge < -0.3 is 10.2 Å². The summed E-state index contributed by atoms with van der Waals surface area (Å²) in [6.07, 6.45) is 3.23. The molecule has 7 heteroatoms. The van der Waals surface area contributed by atoms with Crippen LogP contribution in [0, 0.1) is 11.7 Å². The average Bonchev–Trinajstić information content (AvgIpc) is 3.41. The summed E-state index contributed by atoms with van der Waals surface area (Å²) in [5, 5.41) is 2.72. The molecule has 4 rings (SSSR count). The first-order valence-corrected chi connectivity index (χ1v) is 8.63. The van der Waals surface area contributed by atoms with E-state index in [0.717, 1.165) is 29.7 Å². The molecule has 1 atom stereocenters. The van der Waals surface area contributed by atoms with E-state index in [0.29, 0.717) is 13.0 Å². The second-order valence-corrected chi connectivity index (χ2v) is 7.19. The van der Waals surface area contributed by atoms with E-state index in [1.165, 1.54) is 11.0 Å². The van der Waals surface area contributed by atoms with E-state index >= 15 is 0 Å². The lowest BCUT2D eigenvalue weighted by Gasteiger charge is -2.30. The van der Waals surface area contributed by atoms with Gasteiger partial charge in [0.25, 0.3) is 5.91 Å². The van der Waals surface area contributed by atoms with Crippen LogP contribution in [0.5, 0.6) is 0 Å². The molecule has 1 N–H and O–H groups in total. The Morgan fingerprint density at radius 1 is 1.36 bits per heavy atom. The Balaban J connectivity index is 1.56. The quantitative estimate of drug-likeness (QED) is 0.850. The summed E-state index contributed by atoms with van der Waals surface area (Å²) in [5.74, 6) is -1.11. The molecular formula is C18H20FN3O3. The highest BCUT2D eigenvalue weighted by Gasteiger charge is 2.56. The van der Waals surface area contributed by atoms with Crippen LogP contribution in [0.3, 0.4) is 0 Å². The summed E-state index contributed by atoms with van der Waals surface area (Å²) in [5.41, 5.74) is 0.137. The maximum absolute atomic E-state index is 14.2. The van der Waals surface area contributed by atoms with Crippen molar-refractivity contribution in [2.24, 2.45) is 5.92 Å². The molecule has 6 nitrogen and oxygen atoms in total. The molecule has 0 bridgehead atoms. The predicted octanol–water partition coefficient (Wildman–Crippen LogP) is 1.83. The number of halogens is 1. The van der Waals surface area contributed by atoms with Gasteiger partial charge >= 0.3 is 6.03 Å². The van der Waals surface area contributed by atoms with Crippen LogP contribution in [-0.2, 0) is 16.0 Å². The first kappa shape index (κ1) is 16.1. The van der Waals surface area contributed by atoms with Crippen molar-refractivity contribution >= 4 is 23.5 Å². The molecule has 4 amide bonds. The summed E-state index contributed by atoms with van der Waals surface area (Å²) in [4.78, 5) is 39.9. The number of hydrogen-bond acceptors (Lipinski definition) is 3. The molecule has 1 aromatic rings. The lowest BCUT2D eigenvalue weighted by atomic mass is 9.96. The SMILES string of the molecule is CC1(C2CC2)NC(=O)N(CC(=O)N2CCCc3cccc(F)c32)C1=O. The number of nitrogens with zero attached hydrogens (tertiary/aromatic N) is 2. The van der Waals surface area contributed by atoms with E-state index in [1.807, 2.05) is 0 Å². The molecule has 0 spiro atoms. The van der Waals surface area contributed by atoms with E-state index in [-0.39, 0.29) is 24.1 Å². The number of imide groups is 1. The number of nitrogens with one attached hydrogen (secondary N) is 1. The van der Waals surface area contributed by atoms with Crippen molar-refractivity contribution in [3.8, 4) is 0 Å². The molecule has 2 aliphatic heterocycles. The Morgan fingerprint density at radius 3 is 2.84 bits per heavy atom. The van der Waals surface area contributed by atoms with Gasteiger partial charge in [-0.1, -0.05) is 12.1 Å². The van der Waals surface area contributed by atoms with E-state index in [4.69, 9.17) is 0 Å². The van der Waals surface area contributed by atoms with Gasteiger partial charge in [-0.25, -0.2) is 9.18 Å². The molecule has 2 heterocycles. The third-order valence-corrected chi connectivity index (χ3v) is 5.46. The van der Waals surface area contributed by atoms with E-state index in [1.54, 1.807) is 19.1 Å². The lowest BCUT2D eigenvalue weighted by molar-refractivity contribution is -0.134. The van der Waals surface area contributed by atoms with Gasteiger partial charge in [0, 0.05) is 6.54 Å². The fourth-order valence-electron chi connectivity index (χ4n) is 3.87. The standard InChI is InChI=1S/C18H20FN3O3/c1-18(12-7-8-12)16(24)22(17(25)20-18)10-14(23)21-9-3-5-11-4-2-6-13(19)15(11)21/h2,4,6,12H,3,5,7-10H2,1H3,(H,20,25). The number of para-hydroxylation sites is 1. The van der Waals surface area contributed by atoms with Crippen LogP contribution in [0.25, 0.3) is 0 Å². The fraction of sp³-hybridized carbons (Fsp3) is 0.500. The Labute approximate surface area is 145 Å². The molecule has 0 radical (unpaired) electrons. The molecule has 1 aromatic carbocycles. The van der Waals surface area contributed by atoms with E-state index in [2.05, 4.69) is 5.32 Å². The maximum atomic E-state index is 14.2. The fourth-order valence-corrected chi connectivity index (χ4v) is 3.87. The Kier molecular flexibility index (Phi) is 3.56. The number of urea groups is 1. The zero-order valence-corrected chi connectivity index (χ0v) is 14.0. The predicted molar refractivity (Wildman–Crippen MR) is 88.4 cm³/mol. The lowest BCUT2D eigenvalue weighted by Crippen LogP contribution is -2.48. The summed E-state index contributed by atoms with van der Waals surface area (Å²) in [6, 6.07) is 4.21. The highest BCUT2D eigenvalue weighted by molar-refractivity contribution is 6.10. The number of anilines is 1. The van der Waals surface area contributed by atoms with E-state index in [9.17, 15) is 18.8 Å². The third kappa shape index (κ3) is 2.49. The zero-order chi connectivity index (χ0) is 17.8. The number of benzene rings is 1. The molecule has 1 saturated heterocycles. The molecule has 3 aliphatic rings. The molecule has 1 saturated carbocycles. The first-order chi connectivity index (χ1) is 11.9. The Bertz CT molecular complexity index is 777. The minimum absolute atomic E-state index is 0.136. The Hall–Kier alpha value is -2.44. The normalized spacial score (nSPS) is 25.8. The minimum atomic E-state index is -0.914. The minimum Gasteiger partial charge on any atom is -0.323 e. The van der Waals surface area contributed by atoms with Gasteiger partial charge in [0.15, 0.2) is 0 Å². The van der Waals surface area contributed by atoms with Crippen molar-refractivity contribution in [1.82, 2.24) is 10.2 Å². The van der Waals surface area contributed by atoms with Crippen molar-refractivity contribution in [3.63, 3.8) is 0 Å². The monoisotopic (exact) mass is 345 g/mol. The number of carbonyl (C=O) groups is 3. The highest BCUT2D eigenvalue weighted by Crippen LogP contribution is 2.42. The first-order valence-electron chi connectivity index (χ1n) is 8.63. The van der Waals surface area contributed by atoms with Gasteiger partial charge in [-0.3, -0.25) is 14.5 Å². The van der Waals surface area contributed by atoms with Crippen LogP contribution < -0.4 is 10.2 Å². The summed E-state index contributed by atoms with van der Waals surface area (Å²) in [7, 11) is 0. The van der Waals surface area contributed by atoms with Gasteiger partial charge in [-0.15, -0.1) is 0 Å². The van der Waals surface area contributed by atoms with Gasteiger partial charge in [0.1, 0.15) is 17.9 Å². The zero-order valence-electron chi connectivity index (χ0n) is 14.0. The average molecular weight is 345 g/mol. The smallest absolute Gasteiger partial charge is 0.323 e. The Morgan fingerprint density at radius 2 is 2.12 bits per heavy atom. The summed E-state index contributed by atoms with van der Waals surface area (Å²) >= 11 is 0. The van der Waals surface area contributed by atoms with Gasteiger partial charge in [0.2, 0.25) is 5.91 Å². The van der Waals surface area contributed by atoms with Crippen LogP contribution in [0.4, 0.5) is 14.9 Å². The van der Waals surface area contributed by atoms with Crippen molar-refractivity contribution in [1.29, 1.82) is 0 Å². The topological polar surface area (TPSA) is 69.7 Å². The van der Waals surface area contributed by atoms with Crippen molar-refractivity contribution in [2.45, 2.75) is 38.1 Å². The van der Waals surface area contributed by atoms with Crippen LogP contribution >= 0.6 is 0 Å². The number of hydrogen-bond donors (Lipinski definition) is 1. The molecule has 0 aromatic heterocycles. The number of aryl methyl sites for hydroxylation is 1. The largest absolute Gasteiger partial charge is 0.325 e. The highest BCUT2D eigenvalue weighted by atomic mass is 19.1. The third-order valence-electron chi connectivity index (χ3n) is 5.46. The van der Waals surface area contributed by atoms with Crippen LogP contribution in [0.1, 0.15) is 31.7 Å². The summed E-state index contributed by atoms with van der Waals surface area (Å²) in [6.45, 7) is 1.74. The van der Waals surface area contributed by atoms with Crippen molar-refractivity contribution in [3.05, 3.63) is 29.6 Å². The molecule has 2 fully saturated rings. The second-order valence-electron chi connectivity index (χ2n) is 7.19. The van der Waals surface area contributed by atoms with Gasteiger partial charge in [0.05, 0.1) is 5.69 Å². The van der Waals surface area contributed by atoms with Crippen molar-refractivity contribution < 1.29 is 18.8 Å². The van der Waals surface area contributed by atoms with Gasteiger partial charge in [-0.2, -0.15) is 0 Å². The number of carbonyl (C=O) groups excluding carboxylic acids is 3. The van der Waals surface area contributed by atoms with E-state index < -0.39 is 23.3 Å².